The van der Waals surface area contributed by atoms with Gasteiger partial charge in [-0.05, 0) is 31.5 Å². The van der Waals surface area contributed by atoms with Crippen LogP contribution in [0.15, 0.2) is 24.3 Å². The van der Waals surface area contributed by atoms with Crippen molar-refractivity contribution in [1.82, 2.24) is 0 Å². The Hall–Kier alpha value is -2.21. The van der Waals surface area contributed by atoms with E-state index >= 15 is 0 Å². The lowest BCUT2D eigenvalue weighted by Crippen LogP contribution is -2.74. The van der Waals surface area contributed by atoms with Gasteiger partial charge in [-0.3, -0.25) is 0 Å². The molecule has 1 atom stereocenters. The molecule has 0 aromatic heterocycles. The summed E-state index contributed by atoms with van der Waals surface area (Å²) in [4.78, 5) is 0. The smallest absolute Gasteiger partial charge is 0.460 e. The Labute approximate surface area is 208 Å². The van der Waals surface area contributed by atoms with Crippen molar-refractivity contribution in [3.63, 3.8) is 0 Å². The van der Waals surface area contributed by atoms with Crippen molar-refractivity contribution >= 4 is 0 Å². The highest BCUT2D eigenvalue weighted by molar-refractivity contribution is 5.31. The van der Waals surface area contributed by atoms with Gasteiger partial charge >= 0.3 is 47.6 Å². The number of hydrogen-bond acceptors (Lipinski definition) is 2. The van der Waals surface area contributed by atoms with Crippen LogP contribution >= 0.6 is 0 Å². The Balaban J connectivity index is 3.61. The molecule has 0 fully saturated rings. The minimum Gasteiger partial charge on any atom is -0.494 e. The molecule has 1 rings (SSSR count). The second kappa shape index (κ2) is 10.0. The van der Waals surface area contributed by atoms with Gasteiger partial charge < -0.3 is 9.47 Å². The maximum atomic E-state index is 14.5. The van der Waals surface area contributed by atoms with Crippen LogP contribution in [-0.2, 0) is 10.3 Å². The molecule has 19 heteroatoms. The van der Waals surface area contributed by atoms with Crippen LogP contribution in [0, 0.1) is 0 Å². The van der Waals surface area contributed by atoms with Gasteiger partial charge in [0.1, 0.15) is 5.75 Å². The maximum Gasteiger partial charge on any atom is 0.460 e. The van der Waals surface area contributed by atoms with Gasteiger partial charge in [-0.25, -0.2) is 0 Å². The summed E-state index contributed by atoms with van der Waals surface area (Å²) < 4.78 is 239. The van der Waals surface area contributed by atoms with E-state index in [2.05, 4.69) is 4.74 Å². The molecule has 0 spiro atoms. The first-order chi connectivity index (χ1) is 17.1. The first kappa shape index (κ1) is 34.8. The third kappa shape index (κ3) is 5.18. The van der Waals surface area contributed by atoms with Crippen molar-refractivity contribution in [2.75, 3.05) is 13.7 Å². The second-order valence-electron chi connectivity index (χ2n) is 8.22. The number of alkyl halides is 17. The summed E-state index contributed by atoms with van der Waals surface area (Å²) in [7, 11) is 0.533. The Morgan fingerprint density at radius 2 is 0.923 bits per heavy atom. The quantitative estimate of drug-likeness (QED) is 0.221. The molecule has 1 aromatic carbocycles. The number of methoxy groups -OCH3 is 1. The third-order valence-electron chi connectivity index (χ3n) is 5.57. The molecule has 228 valence electrons. The predicted molar refractivity (Wildman–Crippen MR) is 97.3 cm³/mol. The fraction of sp³-hybridized carbons (Fsp3) is 0.700. The van der Waals surface area contributed by atoms with E-state index in [0.717, 1.165) is 24.3 Å². The minimum absolute atomic E-state index is 0.0572. The van der Waals surface area contributed by atoms with Crippen LogP contribution in [0.4, 0.5) is 74.6 Å². The van der Waals surface area contributed by atoms with E-state index in [1.165, 1.54) is 6.92 Å². The molecule has 0 amide bonds. The van der Waals surface area contributed by atoms with Crippen LogP contribution in [0.2, 0.25) is 0 Å². The topological polar surface area (TPSA) is 18.5 Å². The maximum absolute atomic E-state index is 14.5. The van der Waals surface area contributed by atoms with E-state index in [4.69, 9.17) is 4.74 Å². The van der Waals surface area contributed by atoms with Crippen LogP contribution in [0.5, 0.6) is 5.75 Å². The highest BCUT2D eigenvalue weighted by atomic mass is 19.4. The Kier molecular flexibility index (Phi) is 8.93. The zero-order valence-electron chi connectivity index (χ0n) is 19.5. The Morgan fingerprint density at radius 1 is 0.564 bits per heavy atom. The predicted octanol–water partition coefficient (Wildman–Crippen LogP) is 8.35. The molecule has 0 bridgehead atoms. The first-order valence-corrected chi connectivity index (χ1v) is 10.1. The van der Waals surface area contributed by atoms with Gasteiger partial charge in [0.25, 0.3) is 0 Å². The normalized spacial score (nSPS) is 16.7. The van der Waals surface area contributed by atoms with Crippen LogP contribution < -0.4 is 4.74 Å². The summed E-state index contributed by atoms with van der Waals surface area (Å²) in [5.74, 6) is -56.7. The van der Waals surface area contributed by atoms with Crippen LogP contribution in [0.25, 0.3) is 0 Å². The van der Waals surface area contributed by atoms with E-state index < -0.39 is 65.2 Å². The summed E-state index contributed by atoms with van der Waals surface area (Å²) in [6.45, 7) is 2.10. The number of rotatable bonds is 12. The number of benzene rings is 1. The van der Waals surface area contributed by atoms with Crippen molar-refractivity contribution in [3.05, 3.63) is 29.8 Å². The lowest BCUT2D eigenvalue weighted by Gasteiger charge is -2.44. The molecule has 0 aliphatic carbocycles. The summed E-state index contributed by atoms with van der Waals surface area (Å²) in [5.41, 5.74) is -3.36. The molecule has 1 aromatic rings. The highest BCUT2D eigenvalue weighted by Crippen LogP contribution is 2.64. The molecular weight excluding hydrogens is 595 g/mol. The van der Waals surface area contributed by atoms with Crippen molar-refractivity contribution in [1.29, 1.82) is 0 Å². The van der Waals surface area contributed by atoms with Crippen LogP contribution in [0.1, 0.15) is 25.8 Å². The Bertz CT molecular complexity index is 985. The van der Waals surface area contributed by atoms with Gasteiger partial charge in [0.15, 0.2) is 0 Å². The largest absolute Gasteiger partial charge is 0.494 e. The molecule has 0 saturated heterocycles. The van der Waals surface area contributed by atoms with E-state index in [9.17, 15) is 74.6 Å². The molecule has 0 aliphatic heterocycles. The van der Waals surface area contributed by atoms with Gasteiger partial charge in [-0.2, -0.15) is 74.6 Å². The standard InChI is InChI=1S/C20H17F17O2/c1-4-39-11-7-5-10(6-8-11)12(2,38-3)9-13(21,22)14(23,24)15(25,26)16(27,28)17(29,30)18(31,32)19(33,34)20(35,36)37/h5-8H,4,9H2,1-3H3. The molecular formula is C20H17F17O2. The van der Waals surface area contributed by atoms with E-state index in [0.29, 0.717) is 14.0 Å². The first-order valence-electron chi connectivity index (χ1n) is 10.1. The van der Waals surface area contributed by atoms with Gasteiger partial charge in [0.2, 0.25) is 0 Å². The fourth-order valence-corrected chi connectivity index (χ4v) is 3.09. The molecule has 0 heterocycles. The van der Waals surface area contributed by atoms with Crippen molar-refractivity contribution in [2.45, 2.75) is 73.5 Å². The zero-order chi connectivity index (χ0) is 31.3. The van der Waals surface area contributed by atoms with E-state index in [1.54, 1.807) is 0 Å². The zero-order valence-corrected chi connectivity index (χ0v) is 19.5. The molecule has 2 nitrogen and oxygen atoms in total. The lowest BCUT2D eigenvalue weighted by molar-refractivity contribution is -0.462. The molecule has 39 heavy (non-hydrogen) atoms. The van der Waals surface area contributed by atoms with Gasteiger partial charge in [0.05, 0.1) is 18.6 Å². The number of halogens is 17. The van der Waals surface area contributed by atoms with E-state index in [1.807, 2.05) is 0 Å². The summed E-state index contributed by atoms with van der Waals surface area (Å²) >= 11 is 0. The fourth-order valence-electron chi connectivity index (χ4n) is 3.09. The molecule has 0 radical (unpaired) electrons. The lowest BCUT2D eigenvalue weighted by atomic mass is 9.83. The second-order valence-corrected chi connectivity index (χ2v) is 8.22. The SMILES string of the molecule is CCOc1ccc(C(C)(CC(F)(F)C(F)(F)C(F)(F)C(F)(F)C(F)(F)C(F)(F)C(F)(F)C(F)(F)F)OC)cc1. The highest BCUT2D eigenvalue weighted by Gasteiger charge is 2.95. The number of ether oxygens (including phenoxy) is 2. The third-order valence-corrected chi connectivity index (χ3v) is 5.57. The van der Waals surface area contributed by atoms with Crippen LogP contribution in [0.3, 0.4) is 0 Å². The van der Waals surface area contributed by atoms with Crippen LogP contribution in [-0.4, -0.2) is 61.4 Å². The summed E-state index contributed by atoms with van der Waals surface area (Å²) in [6.07, 6.45) is -10.5. The van der Waals surface area contributed by atoms with Crippen molar-refractivity contribution in [3.8, 4) is 5.75 Å². The minimum atomic E-state index is -8.66. The molecule has 0 aliphatic rings. The molecule has 0 N–H and O–H groups in total. The van der Waals surface area contributed by atoms with E-state index in [-0.39, 0.29) is 12.4 Å². The molecule has 0 saturated carbocycles. The average molecular weight is 612 g/mol. The van der Waals surface area contributed by atoms with Gasteiger partial charge in [-0.1, -0.05) is 12.1 Å². The Morgan fingerprint density at radius 3 is 1.26 bits per heavy atom. The number of hydrogen-bond donors (Lipinski definition) is 0. The average Bonchev–Trinajstić information content (AvgIpc) is 2.77. The summed E-state index contributed by atoms with van der Waals surface area (Å²) in [5, 5.41) is 0. The van der Waals surface area contributed by atoms with Gasteiger partial charge in [0, 0.05) is 7.11 Å². The van der Waals surface area contributed by atoms with Crippen molar-refractivity contribution in [2.24, 2.45) is 0 Å². The monoisotopic (exact) mass is 612 g/mol. The van der Waals surface area contributed by atoms with Crippen molar-refractivity contribution < 1.29 is 84.1 Å². The molecule has 1 unspecified atom stereocenters. The van der Waals surface area contributed by atoms with Gasteiger partial charge in [-0.15, -0.1) is 0 Å². The summed E-state index contributed by atoms with van der Waals surface area (Å²) in [6, 6.07) is 3.75.